The molecule has 4 heteroatoms. The molecule has 1 N–H and O–H groups in total. The number of carbonyl (C=O) groups is 1. The Morgan fingerprint density at radius 3 is 2.72 bits per heavy atom. The van der Waals surface area contributed by atoms with Crippen molar-refractivity contribution in [2.75, 3.05) is 5.32 Å². The van der Waals surface area contributed by atoms with Gasteiger partial charge in [-0.05, 0) is 24.6 Å². The zero-order valence-corrected chi connectivity index (χ0v) is 10.1. The number of aromatic nitrogens is 1. The van der Waals surface area contributed by atoms with Crippen molar-refractivity contribution in [3.05, 3.63) is 59.9 Å². The predicted molar refractivity (Wildman–Crippen MR) is 69.2 cm³/mol. The number of anilines is 1. The molecule has 1 aromatic heterocycles. The number of rotatable bonds is 3. The molecule has 0 radical (unpaired) electrons. The van der Waals surface area contributed by atoms with Crippen LogP contribution in [0.1, 0.15) is 11.3 Å². The van der Waals surface area contributed by atoms with E-state index in [1.54, 1.807) is 18.3 Å². The van der Waals surface area contributed by atoms with E-state index >= 15 is 0 Å². The zero-order valence-electron chi connectivity index (χ0n) is 10.1. The fraction of sp³-hybridized carbons (Fsp3) is 0.143. The van der Waals surface area contributed by atoms with Gasteiger partial charge >= 0.3 is 6.09 Å². The molecule has 0 saturated carbocycles. The summed E-state index contributed by atoms with van der Waals surface area (Å²) in [6, 6.07) is 13.1. The van der Waals surface area contributed by atoms with Gasteiger partial charge in [0.05, 0.1) is 11.4 Å². The van der Waals surface area contributed by atoms with E-state index in [1.807, 2.05) is 37.3 Å². The molecular formula is C14H14N2O2. The summed E-state index contributed by atoms with van der Waals surface area (Å²) in [5, 5.41) is 2.66. The lowest BCUT2D eigenvalue weighted by Crippen LogP contribution is -2.14. The molecule has 1 aromatic carbocycles. The highest BCUT2D eigenvalue weighted by Crippen LogP contribution is 2.11. The number of hydrogen-bond acceptors (Lipinski definition) is 3. The highest BCUT2D eigenvalue weighted by atomic mass is 16.5. The van der Waals surface area contributed by atoms with Crippen molar-refractivity contribution >= 4 is 11.8 Å². The highest BCUT2D eigenvalue weighted by molar-refractivity contribution is 5.85. The summed E-state index contributed by atoms with van der Waals surface area (Å²) in [6.45, 7) is 2.08. The predicted octanol–water partition coefficient (Wildman–Crippen LogP) is 3.14. The summed E-state index contributed by atoms with van der Waals surface area (Å²) in [6.07, 6.45) is 1.20. The van der Waals surface area contributed by atoms with Crippen molar-refractivity contribution < 1.29 is 9.53 Å². The first-order chi connectivity index (χ1) is 8.75. The van der Waals surface area contributed by atoms with E-state index in [2.05, 4.69) is 10.3 Å². The second-order valence-electron chi connectivity index (χ2n) is 3.82. The number of ether oxygens (including phenoxy) is 1. The minimum absolute atomic E-state index is 0.256. The Balaban J connectivity index is 1.88. The quantitative estimate of drug-likeness (QED) is 0.899. The minimum Gasteiger partial charge on any atom is -0.444 e. The van der Waals surface area contributed by atoms with Gasteiger partial charge in [0, 0.05) is 6.20 Å². The molecule has 0 fully saturated rings. The summed E-state index contributed by atoms with van der Waals surface area (Å²) in [5.74, 6) is 0. The first kappa shape index (κ1) is 12.1. The van der Waals surface area contributed by atoms with Gasteiger partial charge < -0.3 is 4.74 Å². The van der Waals surface area contributed by atoms with Crippen molar-refractivity contribution in [3.8, 4) is 0 Å². The lowest BCUT2D eigenvalue weighted by atomic mass is 10.2. The van der Waals surface area contributed by atoms with E-state index in [4.69, 9.17) is 4.74 Å². The second-order valence-corrected chi connectivity index (χ2v) is 3.82. The Morgan fingerprint density at radius 1 is 1.22 bits per heavy atom. The Hall–Kier alpha value is -2.36. The molecule has 0 unspecified atom stereocenters. The van der Waals surface area contributed by atoms with Crippen LogP contribution >= 0.6 is 0 Å². The molecule has 0 spiro atoms. The number of hydrogen-bond donors (Lipinski definition) is 1. The monoisotopic (exact) mass is 242 g/mol. The number of aryl methyl sites for hydroxylation is 1. The second kappa shape index (κ2) is 5.82. The lowest BCUT2D eigenvalue weighted by Gasteiger charge is -2.08. The average molecular weight is 242 g/mol. The third-order valence-electron chi connectivity index (χ3n) is 2.46. The Morgan fingerprint density at radius 2 is 2.00 bits per heavy atom. The van der Waals surface area contributed by atoms with E-state index in [0.717, 1.165) is 11.3 Å². The Kier molecular flexibility index (Phi) is 3.91. The molecule has 1 amide bonds. The van der Waals surface area contributed by atoms with Crippen LogP contribution in [0.3, 0.4) is 0 Å². The maximum atomic E-state index is 11.6. The first-order valence-corrected chi connectivity index (χ1v) is 5.65. The number of amides is 1. The third-order valence-corrected chi connectivity index (χ3v) is 2.46. The zero-order chi connectivity index (χ0) is 12.8. The standard InChI is InChI=1S/C14H14N2O2/c1-11-13(8-5-9-15-11)16-14(17)18-10-12-6-3-2-4-7-12/h2-9H,10H2,1H3,(H,16,17). The SMILES string of the molecule is Cc1ncccc1NC(=O)OCc1ccccc1. The summed E-state index contributed by atoms with van der Waals surface area (Å²) in [4.78, 5) is 15.7. The fourth-order valence-electron chi connectivity index (χ4n) is 1.49. The van der Waals surface area contributed by atoms with Crippen molar-refractivity contribution in [3.63, 3.8) is 0 Å². The van der Waals surface area contributed by atoms with Gasteiger partial charge in [-0.15, -0.1) is 0 Å². The molecule has 0 atom stereocenters. The fourth-order valence-corrected chi connectivity index (χ4v) is 1.49. The maximum Gasteiger partial charge on any atom is 0.412 e. The van der Waals surface area contributed by atoms with E-state index in [1.165, 1.54) is 0 Å². The van der Waals surface area contributed by atoms with Gasteiger partial charge in [-0.3, -0.25) is 10.3 Å². The molecule has 4 nitrogen and oxygen atoms in total. The third kappa shape index (κ3) is 3.31. The van der Waals surface area contributed by atoms with Crippen LogP contribution in [0, 0.1) is 6.92 Å². The molecule has 0 bridgehead atoms. The summed E-state index contributed by atoms with van der Waals surface area (Å²) < 4.78 is 5.11. The molecule has 2 rings (SSSR count). The molecule has 18 heavy (non-hydrogen) atoms. The average Bonchev–Trinajstić information content (AvgIpc) is 2.40. The van der Waals surface area contributed by atoms with Crippen LogP contribution in [0.2, 0.25) is 0 Å². The van der Waals surface area contributed by atoms with Gasteiger partial charge in [0.2, 0.25) is 0 Å². The normalized spacial score (nSPS) is 9.83. The van der Waals surface area contributed by atoms with E-state index < -0.39 is 6.09 Å². The van der Waals surface area contributed by atoms with Crippen molar-refractivity contribution in [2.24, 2.45) is 0 Å². The molecule has 92 valence electrons. The number of benzene rings is 1. The van der Waals surface area contributed by atoms with E-state index in [0.29, 0.717) is 5.69 Å². The van der Waals surface area contributed by atoms with E-state index in [9.17, 15) is 4.79 Å². The summed E-state index contributed by atoms with van der Waals surface area (Å²) in [7, 11) is 0. The molecule has 2 aromatic rings. The first-order valence-electron chi connectivity index (χ1n) is 5.65. The van der Waals surface area contributed by atoms with Crippen LogP contribution in [-0.4, -0.2) is 11.1 Å². The van der Waals surface area contributed by atoms with Crippen LogP contribution < -0.4 is 5.32 Å². The maximum absolute atomic E-state index is 11.6. The molecule has 1 heterocycles. The van der Waals surface area contributed by atoms with Crippen LogP contribution in [0.5, 0.6) is 0 Å². The largest absolute Gasteiger partial charge is 0.444 e. The number of pyridine rings is 1. The number of carbonyl (C=O) groups excluding carboxylic acids is 1. The number of nitrogens with zero attached hydrogens (tertiary/aromatic N) is 1. The molecule has 0 aliphatic rings. The van der Waals surface area contributed by atoms with Gasteiger partial charge in [0.1, 0.15) is 6.61 Å². The lowest BCUT2D eigenvalue weighted by molar-refractivity contribution is 0.155. The molecule has 0 saturated heterocycles. The van der Waals surface area contributed by atoms with Crippen molar-refractivity contribution in [1.82, 2.24) is 4.98 Å². The highest BCUT2D eigenvalue weighted by Gasteiger charge is 2.05. The molecular weight excluding hydrogens is 228 g/mol. The van der Waals surface area contributed by atoms with Crippen LogP contribution in [0.25, 0.3) is 0 Å². The molecule has 0 aliphatic carbocycles. The van der Waals surface area contributed by atoms with Gasteiger partial charge in [-0.1, -0.05) is 30.3 Å². The Bertz CT molecular complexity index is 526. The van der Waals surface area contributed by atoms with Gasteiger partial charge in [0.25, 0.3) is 0 Å². The van der Waals surface area contributed by atoms with Crippen LogP contribution in [-0.2, 0) is 11.3 Å². The smallest absolute Gasteiger partial charge is 0.412 e. The number of nitrogens with one attached hydrogen (secondary N) is 1. The van der Waals surface area contributed by atoms with Gasteiger partial charge in [-0.25, -0.2) is 4.79 Å². The topological polar surface area (TPSA) is 51.2 Å². The van der Waals surface area contributed by atoms with Crippen molar-refractivity contribution in [2.45, 2.75) is 13.5 Å². The van der Waals surface area contributed by atoms with E-state index in [-0.39, 0.29) is 6.61 Å². The van der Waals surface area contributed by atoms with Crippen LogP contribution in [0.15, 0.2) is 48.7 Å². The summed E-state index contributed by atoms with van der Waals surface area (Å²) in [5.41, 5.74) is 2.38. The van der Waals surface area contributed by atoms with Crippen LogP contribution in [0.4, 0.5) is 10.5 Å². The van der Waals surface area contributed by atoms with Gasteiger partial charge in [0.15, 0.2) is 0 Å². The minimum atomic E-state index is -0.477. The Labute approximate surface area is 106 Å². The summed E-state index contributed by atoms with van der Waals surface area (Å²) >= 11 is 0. The van der Waals surface area contributed by atoms with Crippen molar-refractivity contribution in [1.29, 1.82) is 0 Å². The molecule has 0 aliphatic heterocycles. The van der Waals surface area contributed by atoms with Gasteiger partial charge in [-0.2, -0.15) is 0 Å².